The van der Waals surface area contributed by atoms with Crippen LogP contribution in [-0.2, 0) is 4.74 Å². The van der Waals surface area contributed by atoms with Crippen LogP contribution >= 0.6 is 0 Å². The molecule has 3 nitrogen and oxygen atoms in total. The van der Waals surface area contributed by atoms with Crippen LogP contribution in [0.15, 0.2) is 0 Å². The zero-order valence-corrected chi connectivity index (χ0v) is 8.18. The van der Waals surface area contributed by atoms with E-state index in [-0.39, 0.29) is 6.04 Å². The highest BCUT2D eigenvalue weighted by molar-refractivity contribution is 5.68. The van der Waals surface area contributed by atoms with E-state index in [4.69, 9.17) is 4.74 Å². The minimum atomic E-state index is -0.447. The van der Waals surface area contributed by atoms with Crippen LogP contribution in [0.1, 0.15) is 27.7 Å². The Morgan fingerprint density at radius 1 is 1.58 bits per heavy atom. The summed E-state index contributed by atoms with van der Waals surface area (Å²) in [4.78, 5) is 11.0. The van der Waals surface area contributed by atoms with Gasteiger partial charge in [-0.15, -0.1) is 0 Å². The van der Waals surface area contributed by atoms with Gasteiger partial charge in [0.2, 0.25) is 0 Å². The molecule has 0 bridgehead atoms. The second-order valence-corrected chi connectivity index (χ2v) is 3.59. The van der Waals surface area contributed by atoms with Gasteiger partial charge in [0.05, 0.1) is 0 Å². The Morgan fingerprint density at radius 2 is 2.08 bits per heavy atom. The van der Waals surface area contributed by atoms with Crippen LogP contribution in [0.4, 0.5) is 4.79 Å². The summed E-state index contributed by atoms with van der Waals surface area (Å²) in [5.74, 6) is 0. The molecule has 2 radical (unpaired) electrons. The Hall–Kier alpha value is -0.730. The summed E-state index contributed by atoms with van der Waals surface area (Å²) < 4.78 is 5.00. The van der Waals surface area contributed by atoms with Gasteiger partial charge in [-0.3, -0.25) is 0 Å². The topological polar surface area (TPSA) is 38.3 Å². The van der Waals surface area contributed by atoms with Gasteiger partial charge in [-0.05, 0) is 34.1 Å². The first-order chi connectivity index (χ1) is 5.35. The third kappa shape index (κ3) is 6.01. The largest absolute Gasteiger partial charge is 0.444 e. The number of nitrogens with one attached hydrogen (secondary N) is 1. The minimum Gasteiger partial charge on any atom is -0.444 e. The van der Waals surface area contributed by atoms with Crippen molar-refractivity contribution in [3.63, 3.8) is 0 Å². The zero-order valence-electron chi connectivity index (χ0n) is 8.18. The maximum absolute atomic E-state index is 11.0. The van der Waals surface area contributed by atoms with E-state index >= 15 is 0 Å². The van der Waals surface area contributed by atoms with Gasteiger partial charge in [-0.25, -0.2) is 4.79 Å². The number of rotatable bonds is 2. The average Bonchev–Trinajstić information content (AvgIpc) is 1.82. The van der Waals surface area contributed by atoms with Crippen molar-refractivity contribution in [2.75, 3.05) is 0 Å². The highest BCUT2D eigenvalue weighted by Gasteiger charge is 2.16. The lowest BCUT2D eigenvalue weighted by molar-refractivity contribution is 0.0519. The molecule has 0 aliphatic rings. The van der Waals surface area contributed by atoms with E-state index in [9.17, 15) is 4.79 Å². The SMILES string of the molecule is [CH2][C@H]([CH]C)NC(=O)OC(C)(C)C. The lowest BCUT2D eigenvalue weighted by Crippen LogP contribution is -2.37. The van der Waals surface area contributed by atoms with Crippen LogP contribution < -0.4 is 5.32 Å². The molecular formula is C9H17NO2. The van der Waals surface area contributed by atoms with E-state index in [2.05, 4.69) is 12.2 Å². The average molecular weight is 171 g/mol. The van der Waals surface area contributed by atoms with Crippen LogP contribution in [-0.4, -0.2) is 17.7 Å². The number of hydrogen-bond donors (Lipinski definition) is 1. The standard InChI is InChI=1S/C9H17NO2/c1-6-7(2)10-8(11)12-9(3,4)5/h6-7H,2H2,1,3-5H3,(H,10,11)/t7-/m1/s1. The first kappa shape index (κ1) is 11.3. The van der Waals surface area contributed by atoms with E-state index in [1.54, 1.807) is 6.42 Å². The Bertz CT molecular complexity index is 149. The van der Waals surface area contributed by atoms with Crippen molar-refractivity contribution in [3.05, 3.63) is 13.3 Å². The first-order valence-electron chi connectivity index (χ1n) is 3.97. The first-order valence-corrected chi connectivity index (χ1v) is 3.97. The van der Waals surface area contributed by atoms with Gasteiger partial charge in [-0.2, -0.15) is 0 Å². The molecule has 0 rings (SSSR count). The number of ether oxygens (including phenoxy) is 1. The lowest BCUT2D eigenvalue weighted by atomic mass is 10.2. The van der Waals surface area contributed by atoms with Crippen LogP contribution in [0.25, 0.3) is 0 Å². The third-order valence-corrected chi connectivity index (χ3v) is 1.10. The molecule has 0 saturated carbocycles. The molecule has 1 amide bonds. The molecule has 1 N–H and O–H groups in total. The molecule has 3 heteroatoms. The molecule has 0 spiro atoms. The lowest BCUT2D eigenvalue weighted by Gasteiger charge is -2.21. The zero-order chi connectivity index (χ0) is 9.78. The molecule has 0 aliphatic heterocycles. The molecule has 70 valence electrons. The van der Waals surface area contributed by atoms with E-state index in [0.29, 0.717) is 0 Å². The Balaban J connectivity index is 3.75. The quantitative estimate of drug-likeness (QED) is 0.689. The second-order valence-electron chi connectivity index (χ2n) is 3.59. The maximum Gasteiger partial charge on any atom is 0.407 e. The number of hydrogen-bond acceptors (Lipinski definition) is 2. The molecule has 1 atom stereocenters. The van der Waals surface area contributed by atoms with Crippen molar-refractivity contribution >= 4 is 6.09 Å². The van der Waals surface area contributed by atoms with Crippen molar-refractivity contribution in [2.24, 2.45) is 0 Å². The smallest absolute Gasteiger partial charge is 0.407 e. The van der Waals surface area contributed by atoms with Gasteiger partial charge in [0.1, 0.15) is 5.60 Å². The summed E-state index contributed by atoms with van der Waals surface area (Å²) in [7, 11) is 0. The fourth-order valence-electron chi connectivity index (χ4n) is 0.542. The summed E-state index contributed by atoms with van der Waals surface area (Å²) in [5, 5.41) is 2.56. The Morgan fingerprint density at radius 3 is 2.42 bits per heavy atom. The highest BCUT2D eigenvalue weighted by atomic mass is 16.6. The van der Waals surface area contributed by atoms with E-state index in [1.165, 1.54) is 0 Å². The van der Waals surface area contributed by atoms with Crippen LogP contribution in [0.2, 0.25) is 0 Å². The van der Waals surface area contributed by atoms with Crippen LogP contribution in [0.3, 0.4) is 0 Å². The second kappa shape index (κ2) is 4.33. The van der Waals surface area contributed by atoms with Crippen molar-refractivity contribution in [1.82, 2.24) is 5.32 Å². The van der Waals surface area contributed by atoms with Gasteiger partial charge in [-0.1, -0.05) is 6.92 Å². The minimum absolute atomic E-state index is 0.195. The maximum atomic E-state index is 11.0. The summed E-state index contributed by atoms with van der Waals surface area (Å²) in [6.07, 6.45) is 1.35. The Labute approximate surface area is 74.5 Å². The predicted octanol–water partition coefficient (Wildman–Crippen LogP) is 1.94. The number of carbonyl (C=O) groups is 1. The van der Waals surface area contributed by atoms with Gasteiger partial charge in [0.25, 0.3) is 0 Å². The predicted molar refractivity (Wildman–Crippen MR) is 48.5 cm³/mol. The molecule has 12 heavy (non-hydrogen) atoms. The van der Waals surface area contributed by atoms with Crippen molar-refractivity contribution in [3.8, 4) is 0 Å². The summed E-state index contributed by atoms with van der Waals surface area (Å²) >= 11 is 0. The summed E-state index contributed by atoms with van der Waals surface area (Å²) in [6, 6.07) is -0.195. The van der Waals surface area contributed by atoms with Crippen molar-refractivity contribution in [2.45, 2.75) is 39.3 Å². The molecule has 0 unspecified atom stereocenters. The number of amides is 1. The highest BCUT2D eigenvalue weighted by Crippen LogP contribution is 2.06. The molecule has 0 saturated heterocycles. The van der Waals surface area contributed by atoms with Crippen molar-refractivity contribution in [1.29, 1.82) is 0 Å². The monoisotopic (exact) mass is 171 g/mol. The van der Waals surface area contributed by atoms with E-state index in [0.717, 1.165) is 0 Å². The Kier molecular flexibility index (Phi) is 4.07. The van der Waals surface area contributed by atoms with Crippen LogP contribution in [0.5, 0.6) is 0 Å². The van der Waals surface area contributed by atoms with Gasteiger partial charge in [0, 0.05) is 6.04 Å². The fraction of sp³-hybridized carbons (Fsp3) is 0.667. The normalized spacial score (nSPS) is 13.8. The van der Waals surface area contributed by atoms with E-state index < -0.39 is 11.7 Å². The van der Waals surface area contributed by atoms with E-state index in [1.807, 2.05) is 27.7 Å². The molecular weight excluding hydrogens is 154 g/mol. The molecule has 0 aromatic heterocycles. The summed E-state index contributed by atoms with van der Waals surface area (Å²) in [6.45, 7) is 10.9. The third-order valence-electron chi connectivity index (χ3n) is 1.10. The molecule has 0 aliphatic carbocycles. The molecule has 0 heterocycles. The molecule has 0 fully saturated rings. The summed E-state index contributed by atoms with van der Waals surface area (Å²) in [5.41, 5.74) is -0.447. The fourth-order valence-corrected chi connectivity index (χ4v) is 0.542. The van der Waals surface area contributed by atoms with Gasteiger partial charge >= 0.3 is 6.09 Å². The molecule has 0 aromatic rings. The van der Waals surface area contributed by atoms with Gasteiger partial charge in [0.15, 0.2) is 0 Å². The molecule has 0 aromatic carbocycles. The van der Waals surface area contributed by atoms with Crippen LogP contribution in [0, 0.1) is 13.3 Å². The number of alkyl carbamates (subject to hydrolysis) is 1. The van der Waals surface area contributed by atoms with Crippen molar-refractivity contribution < 1.29 is 9.53 Å². The number of carbonyl (C=O) groups excluding carboxylic acids is 1. The van der Waals surface area contributed by atoms with Gasteiger partial charge < -0.3 is 10.1 Å².